The van der Waals surface area contributed by atoms with Crippen LogP contribution in [0.2, 0.25) is 0 Å². The zero-order valence-electron chi connectivity index (χ0n) is 13.2. The second kappa shape index (κ2) is 7.30. The zero-order chi connectivity index (χ0) is 16.2. The number of amides is 1. The number of rotatable bonds is 6. The number of nitrogens with zero attached hydrogens (tertiary/aromatic N) is 2. The lowest BCUT2D eigenvalue weighted by atomic mass is 9.93. The van der Waals surface area contributed by atoms with Crippen LogP contribution in [0, 0.1) is 0 Å². The minimum atomic E-state index is -0.132. The molecule has 120 valence electrons. The lowest BCUT2D eigenvalue weighted by Gasteiger charge is -2.14. The smallest absolute Gasteiger partial charge is 0.270 e. The van der Waals surface area contributed by atoms with E-state index in [2.05, 4.69) is 41.4 Å². The van der Waals surface area contributed by atoms with E-state index in [0.29, 0.717) is 25.2 Å². The average Bonchev–Trinajstić information content (AvgIpc) is 3.07. The number of nitrogens with one attached hydrogen (secondary N) is 1. The van der Waals surface area contributed by atoms with Gasteiger partial charge in [0, 0.05) is 35.6 Å². The van der Waals surface area contributed by atoms with Crippen LogP contribution in [0.25, 0.3) is 0 Å². The standard InChI is InChI=1S/C15H22N4OS2/c1-15(2,3)11-9-22-13(19-11)5-7-17-14(20)10-8-21-12(18-10)4-6-16/h8-9H,4-7,16H2,1-3H3,(H,17,20). The molecule has 0 fully saturated rings. The molecule has 7 heteroatoms. The molecule has 0 aliphatic heterocycles. The van der Waals surface area contributed by atoms with E-state index in [1.807, 2.05) is 0 Å². The maximum absolute atomic E-state index is 12.0. The van der Waals surface area contributed by atoms with Gasteiger partial charge in [-0.2, -0.15) is 0 Å². The molecule has 2 aromatic rings. The molecule has 0 atom stereocenters. The summed E-state index contributed by atoms with van der Waals surface area (Å²) in [5.41, 5.74) is 7.13. The van der Waals surface area contributed by atoms with Crippen molar-refractivity contribution in [3.05, 3.63) is 32.2 Å². The number of aromatic nitrogens is 2. The summed E-state index contributed by atoms with van der Waals surface area (Å²) in [5, 5.41) is 8.72. The SMILES string of the molecule is CC(C)(C)c1csc(CCNC(=O)c2csc(CCN)n2)n1. The average molecular weight is 339 g/mol. The summed E-state index contributed by atoms with van der Waals surface area (Å²) in [7, 11) is 0. The van der Waals surface area contributed by atoms with Crippen LogP contribution >= 0.6 is 22.7 Å². The van der Waals surface area contributed by atoms with Gasteiger partial charge in [0.25, 0.3) is 5.91 Å². The summed E-state index contributed by atoms with van der Waals surface area (Å²) in [6.45, 7) is 7.56. The number of carbonyl (C=O) groups excluding carboxylic acids is 1. The van der Waals surface area contributed by atoms with Crippen molar-refractivity contribution in [1.82, 2.24) is 15.3 Å². The number of hydrogen-bond donors (Lipinski definition) is 2. The Balaban J connectivity index is 1.82. The number of nitrogens with two attached hydrogens (primary N) is 1. The zero-order valence-corrected chi connectivity index (χ0v) is 14.8. The highest BCUT2D eigenvalue weighted by Gasteiger charge is 2.17. The maximum atomic E-state index is 12.0. The van der Waals surface area contributed by atoms with Crippen molar-refractivity contribution >= 4 is 28.6 Å². The Hall–Kier alpha value is -1.31. The summed E-state index contributed by atoms with van der Waals surface area (Å²) in [5.74, 6) is -0.132. The number of hydrogen-bond acceptors (Lipinski definition) is 6. The molecule has 0 unspecified atom stereocenters. The van der Waals surface area contributed by atoms with Gasteiger partial charge >= 0.3 is 0 Å². The van der Waals surface area contributed by atoms with Gasteiger partial charge in [-0.3, -0.25) is 4.79 Å². The molecule has 2 rings (SSSR count). The molecule has 1 amide bonds. The van der Waals surface area contributed by atoms with Crippen LogP contribution in [0.15, 0.2) is 10.8 Å². The van der Waals surface area contributed by atoms with Crippen LogP contribution in [0.1, 0.15) is 47.0 Å². The van der Waals surface area contributed by atoms with E-state index in [4.69, 9.17) is 5.73 Å². The Morgan fingerprint density at radius 2 is 1.86 bits per heavy atom. The third-order valence-electron chi connectivity index (χ3n) is 3.09. The van der Waals surface area contributed by atoms with E-state index >= 15 is 0 Å². The van der Waals surface area contributed by atoms with Gasteiger partial charge in [-0.1, -0.05) is 20.8 Å². The fourth-order valence-electron chi connectivity index (χ4n) is 1.80. The third-order valence-corrected chi connectivity index (χ3v) is 4.90. The van der Waals surface area contributed by atoms with Crippen LogP contribution in [-0.2, 0) is 18.3 Å². The molecule has 0 aliphatic carbocycles. The predicted octanol–water partition coefficient (Wildman–Crippen LogP) is 2.37. The van der Waals surface area contributed by atoms with Crippen molar-refractivity contribution < 1.29 is 4.79 Å². The van der Waals surface area contributed by atoms with Gasteiger partial charge in [0.2, 0.25) is 0 Å². The first-order valence-electron chi connectivity index (χ1n) is 7.27. The molecule has 0 spiro atoms. The molecule has 5 nitrogen and oxygen atoms in total. The normalized spacial score (nSPS) is 11.6. The Morgan fingerprint density at radius 3 is 2.50 bits per heavy atom. The van der Waals surface area contributed by atoms with Gasteiger partial charge in [-0.25, -0.2) is 9.97 Å². The molecule has 0 aromatic carbocycles. The van der Waals surface area contributed by atoms with E-state index in [9.17, 15) is 4.79 Å². The lowest BCUT2D eigenvalue weighted by Crippen LogP contribution is -2.26. The minimum Gasteiger partial charge on any atom is -0.350 e. The highest BCUT2D eigenvalue weighted by Crippen LogP contribution is 2.23. The van der Waals surface area contributed by atoms with Gasteiger partial charge in [-0.15, -0.1) is 22.7 Å². The van der Waals surface area contributed by atoms with Crippen molar-refractivity contribution in [3.63, 3.8) is 0 Å². The highest BCUT2D eigenvalue weighted by atomic mass is 32.1. The monoisotopic (exact) mass is 338 g/mol. The second-order valence-corrected chi connectivity index (χ2v) is 7.93. The number of thiazole rings is 2. The maximum Gasteiger partial charge on any atom is 0.270 e. The van der Waals surface area contributed by atoms with E-state index < -0.39 is 0 Å². The van der Waals surface area contributed by atoms with Crippen molar-refractivity contribution in [2.45, 2.75) is 39.0 Å². The van der Waals surface area contributed by atoms with Crippen molar-refractivity contribution in [2.24, 2.45) is 5.73 Å². The van der Waals surface area contributed by atoms with Crippen LogP contribution < -0.4 is 11.1 Å². The van der Waals surface area contributed by atoms with Crippen molar-refractivity contribution in [1.29, 1.82) is 0 Å². The number of carbonyl (C=O) groups is 1. The molecule has 3 N–H and O–H groups in total. The second-order valence-electron chi connectivity index (χ2n) is 6.05. The van der Waals surface area contributed by atoms with E-state index in [0.717, 1.165) is 22.1 Å². The summed E-state index contributed by atoms with van der Waals surface area (Å²) in [6, 6.07) is 0. The molecular weight excluding hydrogens is 316 g/mol. The first kappa shape index (κ1) is 17.1. The van der Waals surface area contributed by atoms with E-state index in [1.54, 1.807) is 16.7 Å². The van der Waals surface area contributed by atoms with E-state index in [-0.39, 0.29) is 11.3 Å². The third kappa shape index (κ3) is 4.59. The highest BCUT2D eigenvalue weighted by molar-refractivity contribution is 7.10. The molecule has 22 heavy (non-hydrogen) atoms. The molecule has 2 aromatic heterocycles. The molecule has 0 saturated carbocycles. The fourth-order valence-corrected chi connectivity index (χ4v) is 3.62. The lowest BCUT2D eigenvalue weighted by molar-refractivity contribution is 0.0949. The quantitative estimate of drug-likeness (QED) is 0.847. The molecule has 0 saturated heterocycles. The van der Waals surface area contributed by atoms with Crippen molar-refractivity contribution in [3.8, 4) is 0 Å². The van der Waals surface area contributed by atoms with Gasteiger partial charge in [0.1, 0.15) is 5.69 Å². The topological polar surface area (TPSA) is 80.9 Å². The fraction of sp³-hybridized carbons (Fsp3) is 0.533. The molecule has 0 aliphatic rings. The molecule has 0 bridgehead atoms. The summed E-state index contributed by atoms with van der Waals surface area (Å²) in [6.07, 6.45) is 1.46. The Bertz CT molecular complexity index is 628. The van der Waals surface area contributed by atoms with Crippen LogP contribution in [0.4, 0.5) is 0 Å². The molecule has 2 heterocycles. The van der Waals surface area contributed by atoms with Crippen LogP contribution in [-0.4, -0.2) is 29.0 Å². The van der Waals surface area contributed by atoms with Crippen LogP contribution in [0.5, 0.6) is 0 Å². The van der Waals surface area contributed by atoms with Gasteiger partial charge in [-0.05, 0) is 6.54 Å². The Kier molecular flexibility index (Phi) is 5.66. The summed E-state index contributed by atoms with van der Waals surface area (Å²) < 4.78 is 0. The Morgan fingerprint density at radius 1 is 1.18 bits per heavy atom. The minimum absolute atomic E-state index is 0.0674. The van der Waals surface area contributed by atoms with E-state index in [1.165, 1.54) is 11.3 Å². The predicted molar refractivity (Wildman–Crippen MR) is 91.7 cm³/mol. The summed E-state index contributed by atoms with van der Waals surface area (Å²) >= 11 is 3.12. The summed E-state index contributed by atoms with van der Waals surface area (Å²) in [4.78, 5) is 20.9. The molecule has 0 radical (unpaired) electrons. The van der Waals surface area contributed by atoms with Crippen LogP contribution in [0.3, 0.4) is 0 Å². The first-order chi connectivity index (χ1) is 10.4. The first-order valence-corrected chi connectivity index (χ1v) is 9.03. The van der Waals surface area contributed by atoms with Crippen molar-refractivity contribution in [2.75, 3.05) is 13.1 Å². The van der Waals surface area contributed by atoms with Gasteiger partial charge in [0.05, 0.1) is 15.7 Å². The Labute approximate surface area is 139 Å². The largest absolute Gasteiger partial charge is 0.350 e. The van der Waals surface area contributed by atoms with Gasteiger partial charge < -0.3 is 11.1 Å². The molecular formula is C15H22N4OS2. The van der Waals surface area contributed by atoms with Gasteiger partial charge in [0.15, 0.2) is 0 Å².